The fourth-order valence-electron chi connectivity index (χ4n) is 5.95. The van der Waals surface area contributed by atoms with E-state index >= 15 is 0 Å². The van der Waals surface area contributed by atoms with E-state index in [4.69, 9.17) is 4.74 Å². The lowest BCUT2D eigenvalue weighted by Gasteiger charge is -2.58. The van der Waals surface area contributed by atoms with Gasteiger partial charge in [0.15, 0.2) is 0 Å². The van der Waals surface area contributed by atoms with Gasteiger partial charge < -0.3 is 25.2 Å². The molecule has 3 atom stereocenters. The van der Waals surface area contributed by atoms with Gasteiger partial charge in [0, 0.05) is 18.3 Å². The zero-order valence-electron chi connectivity index (χ0n) is 19.9. The Labute approximate surface area is 194 Å². The first-order valence-electron chi connectivity index (χ1n) is 11.9. The van der Waals surface area contributed by atoms with Crippen LogP contribution in [0.3, 0.4) is 0 Å². The second-order valence-electron chi connectivity index (χ2n) is 10.5. The molecule has 9 heteroatoms. The van der Waals surface area contributed by atoms with Gasteiger partial charge in [-0.25, -0.2) is 9.48 Å². The molecule has 1 aromatic rings. The number of rotatable bonds is 8. The normalized spacial score (nSPS) is 31.1. The van der Waals surface area contributed by atoms with Gasteiger partial charge in [0.25, 0.3) is 5.91 Å². The zero-order valence-corrected chi connectivity index (χ0v) is 19.9. The first-order valence-corrected chi connectivity index (χ1v) is 11.9. The molecule has 0 aromatic carbocycles. The molecule has 2 amide bonds. The van der Waals surface area contributed by atoms with Crippen molar-refractivity contribution in [3.8, 4) is 5.88 Å². The van der Waals surface area contributed by atoms with Crippen molar-refractivity contribution < 1.29 is 24.2 Å². The van der Waals surface area contributed by atoms with Crippen LogP contribution < -0.4 is 15.4 Å². The molecular weight excluding hydrogens is 424 g/mol. The molecule has 4 saturated carbocycles. The summed E-state index contributed by atoms with van der Waals surface area (Å²) in [5.41, 5.74) is -0.144. The van der Waals surface area contributed by atoms with Gasteiger partial charge in [-0.1, -0.05) is 13.8 Å². The molecule has 1 heterocycles. The molecule has 5 rings (SSSR count). The predicted molar refractivity (Wildman–Crippen MR) is 123 cm³/mol. The van der Waals surface area contributed by atoms with Gasteiger partial charge in [0.2, 0.25) is 5.88 Å². The third kappa shape index (κ3) is 5.18. The number of alkyl carbamates (subject to hydrolysis) is 1. The molecule has 33 heavy (non-hydrogen) atoms. The van der Waals surface area contributed by atoms with Gasteiger partial charge in [-0.15, -0.1) is 0 Å². The average Bonchev–Trinajstić information content (AvgIpc) is 3.14. The van der Waals surface area contributed by atoms with Gasteiger partial charge in [-0.3, -0.25) is 4.79 Å². The Balaban J connectivity index is 1.49. The molecule has 9 nitrogen and oxygen atoms in total. The Kier molecular flexibility index (Phi) is 6.70. The van der Waals surface area contributed by atoms with Crippen LogP contribution in [-0.2, 0) is 4.74 Å². The summed E-state index contributed by atoms with van der Waals surface area (Å²) >= 11 is 0. The minimum atomic E-state index is -0.534. The lowest BCUT2D eigenvalue weighted by atomic mass is 9.52. The van der Waals surface area contributed by atoms with Crippen LogP contribution in [-0.4, -0.2) is 58.3 Å². The second-order valence-corrected chi connectivity index (χ2v) is 10.5. The van der Waals surface area contributed by atoms with Crippen LogP contribution >= 0.6 is 0 Å². The van der Waals surface area contributed by atoms with Crippen LogP contribution in [0.2, 0.25) is 0 Å². The molecule has 3 unspecified atom stereocenters. The first-order chi connectivity index (χ1) is 15.7. The minimum absolute atomic E-state index is 0.0791. The summed E-state index contributed by atoms with van der Waals surface area (Å²) in [5, 5.41) is 21.1. The number of hydrogen-bond donors (Lipinski definition) is 3. The SMILES string of the molecule is COC(=O)NC(C)/C=C/n1ncc(C(=O)NC2C3CC4CC2CC(O)(C4)C3)c1OCC(C)C. The predicted octanol–water partition coefficient (Wildman–Crippen LogP) is 2.80. The summed E-state index contributed by atoms with van der Waals surface area (Å²) in [7, 11) is 1.31. The smallest absolute Gasteiger partial charge is 0.407 e. The number of carbonyl (C=O) groups excluding carboxylic acids is 2. The van der Waals surface area contributed by atoms with Crippen LogP contribution in [0.4, 0.5) is 4.79 Å². The minimum Gasteiger partial charge on any atom is -0.477 e. The van der Waals surface area contributed by atoms with E-state index in [1.165, 1.54) is 18.0 Å². The Hall–Kier alpha value is -2.55. The summed E-state index contributed by atoms with van der Waals surface area (Å²) in [6.07, 6.45) is 9.03. The molecular formula is C24H36N4O5. The number of methoxy groups -OCH3 is 1. The molecule has 0 saturated heterocycles. The van der Waals surface area contributed by atoms with Gasteiger partial charge in [-0.2, -0.15) is 5.10 Å². The van der Waals surface area contributed by atoms with E-state index in [0.29, 0.717) is 35.8 Å². The average molecular weight is 461 g/mol. The largest absolute Gasteiger partial charge is 0.477 e. The second kappa shape index (κ2) is 9.37. The Morgan fingerprint density at radius 2 is 1.97 bits per heavy atom. The summed E-state index contributed by atoms with van der Waals surface area (Å²) in [6, 6.07) is -0.217. The molecule has 0 spiro atoms. The van der Waals surface area contributed by atoms with Gasteiger partial charge in [0.05, 0.1) is 25.5 Å². The van der Waals surface area contributed by atoms with Crippen molar-refractivity contribution in [3.05, 3.63) is 17.8 Å². The number of amides is 2. The molecule has 0 radical (unpaired) electrons. The Morgan fingerprint density at radius 1 is 1.27 bits per heavy atom. The van der Waals surface area contributed by atoms with Crippen LogP contribution in [0.1, 0.15) is 63.2 Å². The van der Waals surface area contributed by atoms with Crippen molar-refractivity contribution in [3.63, 3.8) is 0 Å². The van der Waals surface area contributed by atoms with E-state index in [1.54, 1.807) is 19.2 Å². The molecule has 4 bridgehead atoms. The van der Waals surface area contributed by atoms with Crippen molar-refractivity contribution in [2.45, 2.75) is 70.6 Å². The fourth-order valence-corrected chi connectivity index (χ4v) is 5.95. The lowest BCUT2D eigenvalue weighted by molar-refractivity contribution is -0.136. The van der Waals surface area contributed by atoms with Crippen LogP contribution in [0, 0.1) is 23.7 Å². The van der Waals surface area contributed by atoms with Gasteiger partial charge >= 0.3 is 6.09 Å². The number of carbonyl (C=O) groups is 2. The van der Waals surface area contributed by atoms with E-state index in [-0.39, 0.29) is 23.9 Å². The Bertz CT molecular complexity index is 895. The van der Waals surface area contributed by atoms with Gasteiger partial charge in [0.1, 0.15) is 5.56 Å². The van der Waals surface area contributed by atoms with Crippen LogP contribution in [0.25, 0.3) is 6.20 Å². The third-order valence-electron chi connectivity index (χ3n) is 7.13. The lowest BCUT2D eigenvalue weighted by Crippen LogP contribution is -2.61. The molecule has 3 N–H and O–H groups in total. The zero-order chi connectivity index (χ0) is 23.8. The monoisotopic (exact) mass is 460 g/mol. The highest BCUT2D eigenvalue weighted by Crippen LogP contribution is 2.55. The van der Waals surface area contributed by atoms with Crippen molar-refractivity contribution in [2.24, 2.45) is 23.7 Å². The van der Waals surface area contributed by atoms with Crippen molar-refractivity contribution in [1.82, 2.24) is 20.4 Å². The first kappa shape index (κ1) is 23.6. The number of nitrogens with zero attached hydrogens (tertiary/aromatic N) is 2. The molecule has 4 fully saturated rings. The molecule has 182 valence electrons. The maximum absolute atomic E-state index is 13.3. The highest BCUT2D eigenvalue weighted by atomic mass is 16.5. The molecule has 1 aromatic heterocycles. The third-order valence-corrected chi connectivity index (χ3v) is 7.13. The summed E-state index contributed by atoms with van der Waals surface area (Å²) in [5.74, 6) is 1.69. The molecule has 4 aliphatic carbocycles. The maximum atomic E-state index is 13.3. The standard InChI is InChI=1S/C24H36N4O5/c1-14(2)13-33-22-19(12-25-28(22)6-5-15(3)26-23(30)32-4)21(29)27-20-17-7-16-8-18(20)11-24(31,9-16)10-17/h5-6,12,14-18,20,31H,7-11,13H2,1-4H3,(H,26,30)(H,27,29)/b6-5+. The summed E-state index contributed by atoms with van der Waals surface area (Å²) in [4.78, 5) is 24.7. The number of hydrogen-bond acceptors (Lipinski definition) is 6. The van der Waals surface area contributed by atoms with E-state index in [2.05, 4.69) is 20.5 Å². The Morgan fingerprint density at radius 3 is 2.58 bits per heavy atom. The van der Waals surface area contributed by atoms with E-state index < -0.39 is 11.7 Å². The summed E-state index contributed by atoms with van der Waals surface area (Å²) in [6.45, 7) is 6.33. The summed E-state index contributed by atoms with van der Waals surface area (Å²) < 4.78 is 12.1. The number of ether oxygens (including phenoxy) is 2. The highest BCUT2D eigenvalue weighted by molar-refractivity contribution is 5.96. The maximum Gasteiger partial charge on any atom is 0.407 e. The topological polar surface area (TPSA) is 115 Å². The number of aliphatic hydroxyl groups is 1. The van der Waals surface area contributed by atoms with E-state index in [9.17, 15) is 14.7 Å². The molecule has 0 aliphatic heterocycles. The fraction of sp³-hybridized carbons (Fsp3) is 0.708. The van der Waals surface area contributed by atoms with Crippen molar-refractivity contribution in [1.29, 1.82) is 0 Å². The van der Waals surface area contributed by atoms with Crippen molar-refractivity contribution >= 4 is 18.2 Å². The van der Waals surface area contributed by atoms with E-state index in [1.807, 2.05) is 13.8 Å². The van der Waals surface area contributed by atoms with Gasteiger partial charge in [-0.05, 0) is 68.8 Å². The molecule has 4 aliphatic rings. The highest BCUT2D eigenvalue weighted by Gasteiger charge is 2.55. The van der Waals surface area contributed by atoms with Crippen LogP contribution in [0.15, 0.2) is 12.3 Å². The van der Waals surface area contributed by atoms with Crippen molar-refractivity contribution in [2.75, 3.05) is 13.7 Å². The quantitative estimate of drug-likeness (QED) is 0.550. The number of aromatic nitrogens is 2. The number of nitrogens with one attached hydrogen (secondary N) is 2. The van der Waals surface area contributed by atoms with Crippen LogP contribution in [0.5, 0.6) is 5.88 Å². The van der Waals surface area contributed by atoms with E-state index in [0.717, 1.165) is 32.1 Å².